The van der Waals surface area contributed by atoms with Gasteiger partial charge in [0.2, 0.25) is 0 Å². The Morgan fingerprint density at radius 1 is 0.886 bits per heavy atom. The molecule has 0 aromatic heterocycles. The van der Waals surface area contributed by atoms with Gasteiger partial charge in [-0.3, -0.25) is 9.59 Å². The van der Waals surface area contributed by atoms with Crippen molar-refractivity contribution in [3.8, 4) is 5.75 Å². The predicted molar refractivity (Wildman–Crippen MR) is 139 cm³/mol. The number of nitrogens with zero attached hydrogens (tertiary/aromatic N) is 1. The summed E-state index contributed by atoms with van der Waals surface area (Å²) in [5.74, 6) is 1.45. The monoisotopic (exact) mass is 470 g/mol. The van der Waals surface area contributed by atoms with Crippen molar-refractivity contribution in [3.63, 3.8) is 0 Å². The molecule has 1 saturated carbocycles. The molecular weight excluding hydrogens is 436 g/mol. The number of methoxy groups -OCH3 is 1. The van der Waals surface area contributed by atoms with Gasteiger partial charge in [0.05, 0.1) is 7.11 Å². The third-order valence-electron chi connectivity index (χ3n) is 7.78. The molecule has 3 aromatic carbocycles. The van der Waals surface area contributed by atoms with Gasteiger partial charge in [0.15, 0.2) is 0 Å². The number of fused-ring (bicyclic) bond motifs is 2. The Balaban J connectivity index is 1.36. The number of amides is 2. The number of likely N-dealkylation sites (tertiary alicyclic amines) is 1. The highest BCUT2D eigenvalue weighted by atomic mass is 16.5. The Hall–Kier alpha value is -3.34. The summed E-state index contributed by atoms with van der Waals surface area (Å²) in [5.41, 5.74) is 2.37. The maximum atomic E-state index is 13.8. The molecule has 1 aliphatic carbocycles. The molecule has 35 heavy (non-hydrogen) atoms. The van der Waals surface area contributed by atoms with Crippen LogP contribution in [0, 0.1) is 5.92 Å². The first kappa shape index (κ1) is 23.4. The van der Waals surface area contributed by atoms with Gasteiger partial charge in [0.1, 0.15) is 5.75 Å². The molecule has 0 unspecified atom stereocenters. The maximum absolute atomic E-state index is 13.8. The number of ether oxygens (including phenoxy) is 1. The summed E-state index contributed by atoms with van der Waals surface area (Å²) < 4.78 is 5.42. The molecule has 1 saturated heterocycles. The van der Waals surface area contributed by atoms with E-state index in [1.807, 2.05) is 60.7 Å². The number of para-hydroxylation sites is 1. The summed E-state index contributed by atoms with van der Waals surface area (Å²) >= 11 is 0. The minimum absolute atomic E-state index is 0.112. The van der Waals surface area contributed by atoms with E-state index in [-0.39, 0.29) is 11.8 Å². The molecule has 5 nitrogen and oxygen atoms in total. The van der Waals surface area contributed by atoms with Gasteiger partial charge < -0.3 is 15.0 Å². The van der Waals surface area contributed by atoms with Gasteiger partial charge in [0.25, 0.3) is 11.8 Å². The van der Waals surface area contributed by atoms with Crippen LogP contribution in [-0.2, 0) is 6.42 Å². The highest BCUT2D eigenvalue weighted by Crippen LogP contribution is 2.36. The minimum Gasteiger partial charge on any atom is -0.496 e. The van der Waals surface area contributed by atoms with Crippen LogP contribution >= 0.6 is 0 Å². The average molecular weight is 471 g/mol. The molecule has 2 amide bonds. The number of carbonyl (C=O) groups is 2. The topological polar surface area (TPSA) is 58.6 Å². The lowest BCUT2D eigenvalue weighted by Crippen LogP contribution is -2.49. The van der Waals surface area contributed by atoms with E-state index in [2.05, 4.69) is 10.2 Å². The first-order chi connectivity index (χ1) is 17.2. The average Bonchev–Trinajstić information content (AvgIpc) is 2.92. The van der Waals surface area contributed by atoms with Crippen molar-refractivity contribution < 1.29 is 14.3 Å². The molecule has 5 rings (SSSR count). The van der Waals surface area contributed by atoms with Gasteiger partial charge in [-0.2, -0.15) is 0 Å². The quantitative estimate of drug-likeness (QED) is 0.509. The number of hydrogen-bond donors (Lipinski definition) is 1. The third-order valence-corrected chi connectivity index (χ3v) is 7.78. The van der Waals surface area contributed by atoms with Gasteiger partial charge in [0, 0.05) is 30.3 Å². The van der Waals surface area contributed by atoms with Crippen LogP contribution in [0.3, 0.4) is 0 Å². The Labute approximate surface area is 207 Å². The zero-order valence-corrected chi connectivity index (χ0v) is 20.5. The molecule has 182 valence electrons. The van der Waals surface area contributed by atoms with Gasteiger partial charge in [-0.05, 0) is 72.6 Å². The first-order valence-corrected chi connectivity index (χ1v) is 12.9. The summed E-state index contributed by atoms with van der Waals surface area (Å²) in [5, 5.41) is 4.73. The Kier molecular flexibility index (Phi) is 7.03. The summed E-state index contributed by atoms with van der Waals surface area (Å²) in [4.78, 5) is 29.0. The van der Waals surface area contributed by atoms with E-state index in [1.165, 1.54) is 25.7 Å². The molecule has 0 bridgehead atoms. The van der Waals surface area contributed by atoms with E-state index in [0.29, 0.717) is 36.1 Å². The van der Waals surface area contributed by atoms with Crippen LogP contribution in [0.25, 0.3) is 10.8 Å². The summed E-state index contributed by atoms with van der Waals surface area (Å²) in [6.45, 7) is 1.34. The van der Waals surface area contributed by atoms with Crippen molar-refractivity contribution in [2.45, 2.75) is 51.0 Å². The number of hydrogen-bond acceptors (Lipinski definition) is 3. The van der Waals surface area contributed by atoms with Crippen LogP contribution in [0.2, 0.25) is 0 Å². The fourth-order valence-electron chi connectivity index (χ4n) is 6.03. The van der Waals surface area contributed by atoms with E-state index in [9.17, 15) is 9.59 Å². The standard InChI is InChI=1S/C30H34N2O3/c1-35-28-15-7-3-10-22(28)18-19-31-29(33)25-16-17-26(24-13-5-4-12-23(24)25)30(34)32-20-8-11-21-9-2-6-14-27(21)32/h3-5,7,10,12-13,15-17,21,27H,2,6,8-9,11,14,18-20H2,1H3,(H,31,33)/t21-,27-/m0/s1. The van der Waals surface area contributed by atoms with E-state index >= 15 is 0 Å². The highest BCUT2D eigenvalue weighted by Gasteiger charge is 2.36. The Morgan fingerprint density at radius 3 is 2.40 bits per heavy atom. The van der Waals surface area contributed by atoms with Crippen molar-refractivity contribution in [1.29, 1.82) is 0 Å². The van der Waals surface area contributed by atoms with Crippen molar-refractivity contribution >= 4 is 22.6 Å². The fourth-order valence-corrected chi connectivity index (χ4v) is 6.03. The van der Waals surface area contributed by atoms with Gasteiger partial charge in [-0.25, -0.2) is 0 Å². The number of benzene rings is 3. The Morgan fingerprint density at radius 2 is 1.57 bits per heavy atom. The van der Waals surface area contributed by atoms with Crippen LogP contribution in [0.5, 0.6) is 5.75 Å². The number of carbonyl (C=O) groups excluding carboxylic acids is 2. The van der Waals surface area contributed by atoms with Gasteiger partial charge >= 0.3 is 0 Å². The second-order valence-corrected chi connectivity index (χ2v) is 9.78. The van der Waals surface area contributed by atoms with Gasteiger partial charge in [-0.15, -0.1) is 0 Å². The van der Waals surface area contributed by atoms with Crippen LogP contribution in [0.1, 0.15) is 64.8 Å². The lowest BCUT2D eigenvalue weighted by molar-refractivity contribution is 0.0392. The van der Waals surface area contributed by atoms with E-state index in [1.54, 1.807) is 7.11 Å². The van der Waals surface area contributed by atoms with Crippen LogP contribution in [0.4, 0.5) is 0 Å². The first-order valence-electron chi connectivity index (χ1n) is 12.9. The second-order valence-electron chi connectivity index (χ2n) is 9.78. The molecule has 2 fully saturated rings. The third kappa shape index (κ3) is 4.77. The smallest absolute Gasteiger partial charge is 0.254 e. The second kappa shape index (κ2) is 10.5. The van der Waals surface area contributed by atoms with Crippen molar-refractivity contribution in [1.82, 2.24) is 10.2 Å². The SMILES string of the molecule is COc1ccccc1CCNC(=O)c1ccc(C(=O)N2CCC[C@@H]3CCCC[C@@H]32)c2ccccc12. The highest BCUT2D eigenvalue weighted by molar-refractivity contribution is 6.14. The predicted octanol–water partition coefficient (Wildman–Crippen LogP) is 5.62. The lowest BCUT2D eigenvalue weighted by Gasteiger charge is -2.44. The lowest BCUT2D eigenvalue weighted by atomic mass is 9.78. The molecule has 1 aliphatic heterocycles. The van der Waals surface area contributed by atoms with Crippen LogP contribution < -0.4 is 10.1 Å². The zero-order chi connectivity index (χ0) is 24.2. The van der Waals surface area contributed by atoms with Crippen molar-refractivity contribution in [2.24, 2.45) is 5.92 Å². The van der Waals surface area contributed by atoms with Crippen LogP contribution in [0.15, 0.2) is 60.7 Å². The number of rotatable bonds is 6. The summed E-state index contributed by atoms with van der Waals surface area (Å²) in [6.07, 6.45) is 7.85. The minimum atomic E-state index is -0.125. The molecule has 2 atom stereocenters. The molecular formula is C30H34N2O3. The van der Waals surface area contributed by atoms with E-state index in [4.69, 9.17) is 4.74 Å². The molecule has 3 aromatic rings. The fraction of sp³-hybridized carbons (Fsp3) is 0.400. The van der Waals surface area contributed by atoms with Gasteiger partial charge in [-0.1, -0.05) is 55.3 Å². The normalized spacial score (nSPS) is 19.7. The van der Waals surface area contributed by atoms with E-state index in [0.717, 1.165) is 41.5 Å². The van der Waals surface area contributed by atoms with Crippen molar-refractivity contribution in [3.05, 3.63) is 77.4 Å². The molecule has 0 spiro atoms. The number of piperidine rings is 1. The number of nitrogens with one attached hydrogen (secondary N) is 1. The Bertz CT molecular complexity index is 1220. The maximum Gasteiger partial charge on any atom is 0.254 e. The molecule has 1 N–H and O–H groups in total. The van der Waals surface area contributed by atoms with Crippen molar-refractivity contribution in [2.75, 3.05) is 20.2 Å². The van der Waals surface area contributed by atoms with E-state index < -0.39 is 0 Å². The summed E-state index contributed by atoms with van der Waals surface area (Å²) in [6, 6.07) is 19.7. The summed E-state index contributed by atoms with van der Waals surface area (Å²) in [7, 11) is 1.66. The zero-order valence-electron chi connectivity index (χ0n) is 20.5. The van der Waals surface area contributed by atoms with Crippen LogP contribution in [-0.4, -0.2) is 43.0 Å². The molecule has 5 heteroatoms. The largest absolute Gasteiger partial charge is 0.496 e. The molecule has 1 heterocycles. The molecule has 0 radical (unpaired) electrons. The molecule has 2 aliphatic rings.